The van der Waals surface area contributed by atoms with Crippen LogP contribution in [0.3, 0.4) is 0 Å². The predicted octanol–water partition coefficient (Wildman–Crippen LogP) is -0.0139. The van der Waals surface area contributed by atoms with Crippen LogP contribution in [0.2, 0.25) is 0 Å². The largest absolute Gasteiger partial charge is 0.480 e. The number of hydrogen-bond acceptors (Lipinski definition) is 3. The monoisotopic (exact) mass is 186 g/mol. The highest BCUT2D eigenvalue weighted by atomic mass is 16.4. The van der Waals surface area contributed by atoms with Crippen LogP contribution >= 0.6 is 0 Å². The smallest absolute Gasteiger partial charge is 0.321 e. The Kier molecular flexibility index (Phi) is 3.27. The SMILES string of the molecule is CC(C)C1CN(CC(N)C(=O)O)C1. The van der Waals surface area contributed by atoms with Crippen LogP contribution < -0.4 is 5.73 Å². The molecule has 3 N–H and O–H groups in total. The Morgan fingerprint density at radius 3 is 2.54 bits per heavy atom. The summed E-state index contributed by atoms with van der Waals surface area (Å²) in [5.74, 6) is 0.506. The maximum absolute atomic E-state index is 10.4. The molecule has 1 aliphatic rings. The van der Waals surface area contributed by atoms with E-state index >= 15 is 0 Å². The van der Waals surface area contributed by atoms with Crippen LogP contribution in [0.15, 0.2) is 0 Å². The standard InChI is InChI=1S/C9H18N2O2/c1-6(2)7-3-11(4-7)5-8(10)9(12)13/h6-8H,3-5,10H2,1-2H3,(H,12,13). The van der Waals surface area contributed by atoms with Gasteiger partial charge in [0.25, 0.3) is 0 Å². The number of nitrogens with two attached hydrogens (primary N) is 1. The van der Waals surface area contributed by atoms with E-state index in [9.17, 15) is 4.79 Å². The molecule has 1 saturated heterocycles. The molecule has 0 amide bonds. The van der Waals surface area contributed by atoms with E-state index in [-0.39, 0.29) is 0 Å². The zero-order valence-electron chi connectivity index (χ0n) is 8.23. The van der Waals surface area contributed by atoms with Crippen LogP contribution in [0, 0.1) is 11.8 Å². The van der Waals surface area contributed by atoms with Crippen molar-refractivity contribution in [2.45, 2.75) is 19.9 Å². The van der Waals surface area contributed by atoms with Gasteiger partial charge in [0, 0.05) is 19.6 Å². The van der Waals surface area contributed by atoms with Crippen molar-refractivity contribution in [2.24, 2.45) is 17.6 Å². The van der Waals surface area contributed by atoms with E-state index in [2.05, 4.69) is 18.7 Å². The third-order valence-electron chi connectivity index (χ3n) is 2.70. The van der Waals surface area contributed by atoms with Gasteiger partial charge in [-0.25, -0.2) is 0 Å². The quantitative estimate of drug-likeness (QED) is 0.648. The average molecular weight is 186 g/mol. The van der Waals surface area contributed by atoms with Gasteiger partial charge in [0.2, 0.25) is 0 Å². The summed E-state index contributed by atoms with van der Waals surface area (Å²) >= 11 is 0. The summed E-state index contributed by atoms with van der Waals surface area (Å²) in [6, 6.07) is -0.729. The fourth-order valence-electron chi connectivity index (χ4n) is 1.54. The van der Waals surface area contributed by atoms with E-state index in [1.165, 1.54) is 0 Å². The molecule has 4 heteroatoms. The Morgan fingerprint density at radius 2 is 2.15 bits per heavy atom. The lowest BCUT2D eigenvalue weighted by molar-refractivity contribution is -0.139. The van der Waals surface area contributed by atoms with Crippen molar-refractivity contribution >= 4 is 5.97 Å². The number of carboxylic acid groups (broad SMARTS) is 1. The lowest BCUT2D eigenvalue weighted by Crippen LogP contribution is -2.54. The maximum Gasteiger partial charge on any atom is 0.321 e. The molecule has 76 valence electrons. The van der Waals surface area contributed by atoms with E-state index in [1.807, 2.05) is 0 Å². The first-order chi connectivity index (χ1) is 6.00. The molecule has 1 rings (SSSR count). The van der Waals surface area contributed by atoms with Gasteiger partial charge in [0.15, 0.2) is 0 Å². The van der Waals surface area contributed by atoms with Crippen molar-refractivity contribution in [3.05, 3.63) is 0 Å². The second-order valence-corrected chi connectivity index (χ2v) is 4.17. The van der Waals surface area contributed by atoms with Gasteiger partial charge in [0.05, 0.1) is 0 Å². The highest BCUT2D eigenvalue weighted by Gasteiger charge is 2.30. The molecule has 0 saturated carbocycles. The number of nitrogens with zero attached hydrogens (tertiary/aromatic N) is 1. The van der Waals surface area contributed by atoms with Gasteiger partial charge < -0.3 is 15.7 Å². The molecule has 1 fully saturated rings. The number of carboxylic acids is 1. The first kappa shape index (κ1) is 10.5. The Morgan fingerprint density at radius 1 is 1.62 bits per heavy atom. The normalized spacial score (nSPS) is 21.5. The Balaban J connectivity index is 2.18. The minimum absolute atomic E-state index is 0.485. The molecule has 0 aromatic rings. The fourth-order valence-corrected chi connectivity index (χ4v) is 1.54. The van der Waals surface area contributed by atoms with Crippen LogP contribution in [-0.4, -0.2) is 41.7 Å². The van der Waals surface area contributed by atoms with Gasteiger partial charge >= 0.3 is 5.97 Å². The number of likely N-dealkylation sites (tertiary alicyclic amines) is 1. The van der Waals surface area contributed by atoms with Crippen molar-refractivity contribution in [1.29, 1.82) is 0 Å². The van der Waals surface area contributed by atoms with Gasteiger partial charge in [-0.3, -0.25) is 4.79 Å². The predicted molar refractivity (Wildman–Crippen MR) is 50.4 cm³/mol. The van der Waals surface area contributed by atoms with Crippen molar-refractivity contribution in [3.63, 3.8) is 0 Å². The van der Waals surface area contributed by atoms with Crippen LogP contribution in [0.1, 0.15) is 13.8 Å². The minimum Gasteiger partial charge on any atom is -0.480 e. The summed E-state index contributed by atoms with van der Waals surface area (Å²) < 4.78 is 0. The van der Waals surface area contributed by atoms with Crippen LogP contribution in [0.5, 0.6) is 0 Å². The topological polar surface area (TPSA) is 66.6 Å². The molecule has 1 unspecified atom stereocenters. The van der Waals surface area contributed by atoms with Crippen LogP contribution in [0.4, 0.5) is 0 Å². The summed E-state index contributed by atoms with van der Waals surface area (Å²) in [6.07, 6.45) is 0. The number of hydrogen-bond donors (Lipinski definition) is 2. The van der Waals surface area contributed by atoms with Gasteiger partial charge in [-0.15, -0.1) is 0 Å². The molecule has 0 aromatic carbocycles. The fraction of sp³-hybridized carbons (Fsp3) is 0.889. The molecule has 0 bridgehead atoms. The first-order valence-electron chi connectivity index (χ1n) is 4.71. The van der Waals surface area contributed by atoms with E-state index in [4.69, 9.17) is 10.8 Å². The molecule has 1 aliphatic heterocycles. The molecule has 13 heavy (non-hydrogen) atoms. The van der Waals surface area contributed by atoms with Crippen LogP contribution in [0.25, 0.3) is 0 Å². The van der Waals surface area contributed by atoms with Crippen molar-refractivity contribution in [3.8, 4) is 0 Å². The number of aliphatic carboxylic acids is 1. The van der Waals surface area contributed by atoms with Crippen molar-refractivity contribution in [1.82, 2.24) is 4.90 Å². The summed E-state index contributed by atoms with van der Waals surface area (Å²) in [5.41, 5.74) is 5.41. The molecular formula is C9H18N2O2. The highest BCUT2D eigenvalue weighted by molar-refractivity contribution is 5.73. The van der Waals surface area contributed by atoms with E-state index in [0.717, 1.165) is 19.0 Å². The third kappa shape index (κ3) is 2.67. The van der Waals surface area contributed by atoms with Gasteiger partial charge in [-0.05, 0) is 11.8 Å². The highest BCUT2D eigenvalue weighted by Crippen LogP contribution is 2.22. The molecular weight excluding hydrogens is 168 g/mol. The molecule has 0 radical (unpaired) electrons. The second kappa shape index (κ2) is 4.07. The number of rotatable bonds is 4. The Hall–Kier alpha value is -0.610. The maximum atomic E-state index is 10.4. The summed E-state index contributed by atoms with van der Waals surface area (Å²) in [6.45, 7) is 6.87. The second-order valence-electron chi connectivity index (χ2n) is 4.17. The van der Waals surface area contributed by atoms with Gasteiger partial charge in [0.1, 0.15) is 6.04 Å². The third-order valence-corrected chi connectivity index (χ3v) is 2.70. The Bertz CT molecular complexity index is 188. The molecule has 0 aromatic heterocycles. The Labute approximate surface area is 78.7 Å². The van der Waals surface area contributed by atoms with E-state index in [1.54, 1.807) is 0 Å². The minimum atomic E-state index is -0.909. The summed E-state index contributed by atoms with van der Waals surface area (Å²) in [7, 11) is 0. The lowest BCUT2D eigenvalue weighted by Gasteiger charge is -2.42. The van der Waals surface area contributed by atoms with Crippen LogP contribution in [-0.2, 0) is 4.79 Å². The molecule has 4 nitrogen and oxygen atoms in total. The summed E-state index contributed by atoms with van der Waals surface area (Å²) in [5, 5.41) is 8.57. The first-order valence-corrected chi connectivity index (χ1v) is 4.71. The molecule has 1 atom stereocenters. The van der Waals surface area contributed by atoms with Crippen molar-refractivity contribution < 1.29 is 9.90 Å². The zero-order valence-corrected chi connectivity index (χ0v) is 8.23. The van der Waals surface area contributed by atoms with Crippen molar-refractivity contribution in [2.75, 3.05) is 19.6 Å². The van der Waals surface area contributed by atoms with Gasteiger partial charge in [-0.2, -0.15) is 0 Å². The van der Waals surface area contributed by atoms with E-state index in [0.29, 0.717) is 12.5 Å². The molecule has 0 aliphatic carbocycles. The molecule has 1 heterocycles. The summed E-state index contributed by atoms with van der Waals surface area (Å²) in [4.78, 5) is 12.5. The van der Waals surface area contributed by atoms with E-state index < -0.39 is 12.0 Å². The molecule has 0 spiro atoms. The van der Waals surface area contributed by atoms with Gasteiger partial charge in [-0.1, -0.05) is 13.8 Å². The zero-order chi connectivity index (χ0) is 10.0. The lowest BCUT2D eigenvalue weighted by atomic mass is 9.88. The average Bonchev–Trinajstić information content (AvgIpc) is 1.94. The number of carbonyl (C=O) groups is 1.